The van der Waals surface area contributed by atoms with E-state index in [1.807, 2.05) is 0 Å². The fourth-order valence-corrected chi connectivity index (χ4v) is 5.45. The van der Waals surface area contributed by atoms with Crippen molar-refractivity contribution in [2.45, 2.75) is 57.5 Å². The second-order valence-electron chi connectivity index (χ2n) is 8.59. The number of hydrogen-bond acceptors (Lipinski definition) is 0. The molecule has 2 aliphatic rings. The average Bonchev–Trinajstić information content (AvgIpc) is 2.59. The number of fused-ring (bicyclic) bond motifs is 2. The lowest BCUT2D eigenvalue weighted by atomic mass is 9.63. The molecule has 2 fully saturated rings. The summed E-state index contributed by atoms with van der Waals surface area (Å²) in [5.41, 5.74) is -1.54. The van der Waals surface area contributed by atoms with Crippen LogP contribution in [0.4, 0.5) is 26.3 Å². The summed E-state index contributed by atoms with van der Waals surface area (Å²) in [4.78, 5) is 0. The zero-order valence-electron chi connectivity index (χ0n) is 15.6. The van der Waals surface area contributed by atoms with Gasteiger partial charge in [0.1, 0.15) is 17.5 Å². The molecule has 4 atom stereocenters. The molecule has 0 heterocycles. The van der Waals surface area contributed by atoms with Crippen molar-refractivity contribution < 1.29 is 26.3 Å². The summed E-state index contributed by atoms with van der Waals surface area (Å²) in [7, 11) is 0. The van der Waals surface area contributed by atoms with E-state index in [1.165, 1.54) is 0 Å². The molecular formula is C22H22F6. The normalized spacial score (nSPS) is 28.4. The van der Waals surface area contributed by atoms with Crippen LogP contribution >= 0.6 is 0 Å². The van der Waals surface area contributed by atoms with E-state index in [9.17, 15) is 26.3 Å². The van der Waals surface area contributed by atoms with E-state index in [0.29, 0.717) is 36.7 Å². The van der Waals surface area contributed by atoms with Gasteiger partial charge in [-0.3, -0.25) is 0 Å². The van der Waals surface area contributed by atoms with E-state index in [-0.39, 0.29) is 10.9 Å². The third-order valence-electron chi connectivity index (χ3n) is 6.72. The molecule has 0 nitrogen and oxygen atoms in total. The molecule has 0 aliphatic heterocycles. The summed E-state index contributed by atoms with van der Waals surface area (Å²) in [6, 6.07) is 2.47. The maximum absolute atomic E-state index is 14.9. The summed E-state index contributed by atoms with van der Waals surface area (Å²) in [6.45, 7) is 2.20. The van der Waals surface area contributed by atoms with Crippen LogP contribution in [0.15, 0.2) is 18.2 Å². The van der Waals surface area contributed by atoms with Gasteiger partial charge in [-0.15, -0.1) is 0 Å². The Morgan fingerprint density at radius 2 is 1.54 bits per heavy atom. The second-order valence-corrected chi connectivity index (χ2v) is 8.59. The van der Waals surface area contributed by atoms with Gasteiger partial charge in [-0.05, 0) is 78.9 Å². The highest BCUT2D eigenvalue weighted by Gasteiger charge is 2.42. The summed E-state index contributed by atoms with van der Waals surface area (Å²) < 4.78 is 83.8. The highest BCUT2D eigenvalue weighted by molar-refractivity contribution is 5.86. The minimum absolute atomic E-state index is 0.153. The third-order valence-corrected chi connectivity index (χ3v) is 6.72. The van der Waals surface area contributed by atoms with Crippen molar-refractivity contribution in [1.82, 2.24) is 0 Å². The van der Waals surface area contributed by atoms with Crippen molar-refractivity contribution in [1.29, 1.82) is 0 Å². The Hall–Kier alpha value is -1.72. The third kappa shape index (κ3) is 3.39. The van der Waals surface area contributed by atoms with Gasteiger partial charge in [0.2, 0.25) is 0 Å². The summed E-state index contributed by atoms with van der Waals surface area (Å²) >= 11 is 0. The molecule has 0 spiro atoms. The van der Waals surface area contributed by atoms with Gasteiger partial charge < -0.3 is 0 Å². The summed E-state index contributed by atoms with van der Waals surface area (Å²) in [5, 5.41) is -0.949. The lowest BCUT2D eigenvalue weighted by molar-refractivity contribution is -0.140. The zero-order chi connectivity index (χ0) is 20.2. The van der Waals surface area contributed by atoms with Crippen LogP contribution in [0, 0.1) is 35.2 Å². The van der Waals surface area contributed by atoms with Gasteiger partial charge in [0, 0.05) is 6.07 Å². The molecule has 6 heteroatoms. The maximum Gasteiger partial charge on any atom is 0.419 e. The van der Waals surface area contributed by atoms with Crippen molar-refractivity contribution in [2.24, 2.45) is 17.8 Å². The number of rotatable bonds is 1. The molecule has 0 saturated heterocycles. The molecule has 0 bridgehead atoms. The summed E-state index contributed by atoms with van der Waals surface area (Å²) in [5.74, 6) is -2.84. The van der Waals surface area contributed by atoms with Crippen LogP contribution in [0.5, 0.6) is 0 Å². The van der Waals surface area contributed by atoms with Crippen LogP contribution in [-0.2, 0) is 6.18 Å². The molecular weight excluding hydrogens is 378 g/mol. The Labute approximate surface area is 159 Å². The molecule has 2 aliphatic carbocycles. The largest absolute Gasteiger partial charge is 0.419 e. The van der Waals surface area contributed by atoms with E-state index in [2.05, 4.69) is 6.92 Å². The number of alkyl halides is 3. The highest BCUT2D eigenvalue weighted by atomic mass is 19.4. The predicted octanol–water partition coefficient (Wildman–Crippen LogP) is 7.60. The number of hydrogen-bond donors (Lipinski definition) is 0. The molecule has 2 saturated carbocycles. The van der Waals surface area contributed by atoms with Crippen molar-refractivity contribution in [2.75, 3.05) is 0 Å². The second kappa shape index (κ2) is 6.96. The smallest absolute Gasteiger partial charge is 0.207 e. The molecule has 0 amide bonds. The van der Waals surface area contributed by atoms with Gasteiger partial charge in [-0.1, -0.05) is 13.3 Å². The highest BCUT2D eigenvalue weighted by Crippen LogP contribution is 2.50. The molecule has 0 aromatic heterocycles. The molecule has 0 radical (unpaired) electrons. The molecule has 4 rings (SSSR count). The van der Waals surface area contributed by atoms with Crippen LogP contribution in [0.2, 0.25) is 0 Å². The van der Waals surface area contributed by atoms with Crippen LogP contribution in [0.1, 0.15) is 62.5 Å². The molecule has 28 heavy (non-hydrogen) atoms. The van der Waals surface area contributed by atoms with Crippen molar-refractivity contribution in [3.05, 3.63) is 46.8 Å². The van der Waals surface area contributed by atoms with Crippen LogP contribution in [0.25, 0.3) is 10.8 Å². The first-order valence-electron chi connectivity index (χ1n) is 9.83. The monoisotopic (exact) mass is 400 g/mol. The predicted molar refractivity (Wildman–Crippen MR) is 95.4 cm³/mol. The molecule has 152 valence electrons. The lowest BCUT2D eigenvalue weighted by Crippen LogP contribution is -2.30. The van der Waals surface area contributed by atoms with Gasteiger partial charge in [0.05, 0.1) is 10.9 Å². The van der Waals surface area contributed by atoms with E-state index in [1.54, 1.807) is 0 Å². The van der Waals surface area contributed by atoms with E-state index >= 15 is 0 Å². The van der Waals surface area contributed by atoms with Crippen LogP contribution in [-0.4, -0.2) is 0 Å². The Kier molecular flexibility index (Phi) is 4.87. The van der Waals surface area contributed by atoms with E-state index in [4.69, 9.17) is 0 Å². The van der Waals surface area contributed by atoms with Crippen molar-refractivity contribution in [3.8, 4) is 0 Å². The quantitative estimate of drug-likeness (QED) is 0.433. The van der Waals surface area contributed by atoms with E-state index in [0.717, 1.165) is 37.8 Å². The topological polar surface area (TPSA) is 0 Å². The minimum Gasteiger partial charge on any atom is -0.207 e. The maximum atomic E-state index is 14.9. The Morgan fingerprint density at radius 3 is 2.25 bits per heavy atom. The standard InChI is InChI=1S/C22H22F6/c1-11-2-3-13-7-14(5-4-12(13)6-11)17-9-15-8-16(23)10-18(24)19(15)21(25)20(17)22(26,27)28/h8-14H,2-7H2,1H3/t11-,12?,13-,14?/m1/s1. The van der Waals surface area contributed by atoms with Gasteiger partial charge in [-0.2, -0.15) is 13.2 Å². The Morgan fingerprint density at radius 1 is 0.857 bits per heavy atom. The van der Waals surface area contributed by atoms with Crippen molar-refractivity contribution in [3.63, 3.8) is 0 Å². The fourth-order valence-electron chi connectivity index (χ4n) is 5.45. The minimum atomic E-state index is -4.94. The first-order chi connectivity index (χ1) is 13.1. The van der Waals surface area contributed by atoms with Gasteiger partial charge in [0.25, 0.3) is 0 Å². The lowest BCUT2D eigenvalue weighted by Gasteiger charge is -2.42. The van der Waals surface area contributed by atoms with Crippen LogP contribution in [0.3, 0.4) is 0 Å². The van der Waals surface area contributed by atoms with Gasteiger partial charge >= 0.3 is 6.18 Å². The SMILES string of the molecule is C[C@@H]1CC[C@@H]2CC(c3cc4cc(F)cc(F)c4c(F)c3C(F)(F)F)CCC2C1. The van der Waals surface area contributed by atoms with Crippen LogP contribution < -0.4 is 0 Å². The molecule has 0 N–H and O–H groups in total. The first kappa shape index (κ1) is 19.6. The zero-order valence-corrected chi connectivity index (χ0v) is 15.6. The number of benzene rings is 2. The fraction of sp³-hybridized carbons (Fsp3) is 0.545. The first-order valence-corrected chi connectivity index (χ1v) is 9.83. The van der Waals surface area contributed by atoms with E-state index < -0.39 is 40.5 Å². The molecule has 2 aromatic rings. The van der Waals surface area contributed by atoms with Crippen molar-refractivity contribution >= 4 is 10.8 Å². The summed E-state index contributed by atoms with van der Waals surface area (Å²) in [6.07, 6.45) is 0.112. The van der Waals surface area contributed by atoms with Gasteiger partial charge in [0.15, 0.2) is 0 Å². The Balaban J connectivity index is 1.82. The number of halogens is 6. The van der Waals surface area contributed by atoms with Gasteiger partial charge in [-0.25, -0.2) is 13.2 Å². The Bertz CT molecular complexity index is 900. The molecule has 2 unspecified atom stereocenters. The average molecular weight is 400 g/mol. The molecule has 2 aromatic carbocycles.